The van der Waals surface area contributed by atoms with Crippen LogP contribution in [0.3, 0.4) is 0 Å². The van der Waals surface area contributed by atoms with Gasteiger partial charge in [-0.3, -0.25) is 14.3 Å². The van der Waals surface area contributed by atoms with Gasteiger partial charge in [0.15, 0.2) is 0 Å². The Morgan fingerprint density at radius 1 is 1.38 bits per heavy atom. The SMILES string of the molecule is C=CC(=O)N1[C@@H](C)CC[C@H]1C(=O)Nc1ccc2c(c1)c(C)nn2C. The summed E-state index contributed by atoms with van der Waals surface area (Å²) in [6, 6.07) is 5.33. The maximum Gasteiger partial charge on any atom is 0.247 e. The lowest BCUT2D eigenvalue weighted by atomic mass is 10.1. The number of hydrogen-bond acceptors (Lipinski definition) is 3. The van der Waals surface area contributed by atoms with Crippen molar-refractivity contribution in [2.24, 2.45) is 7.05 Å². The summed E-state index contributed by atoms with van der Waals surface area (Å²) in [5, 5.41) is 8.33. The Morgan fingerprint density at radius 3 is 2.83 bits per heavy atom. The first-order valence-electron chi connectivity index (χ1n) is 8.11. The summed E-state index contributed by atoms with van der Waals surface area (Å²) in [5.74, 6) is -0.353. The second-order valence-corrected chi connectivity index (χ2v) is 6.32. The van der Waals surface area contributed by atoms with Gasteiger partial charge in [0.05, 0.1) is 11.2 Å². The van der Waals surface area contributed by atoms with Crippen molar-refractivity contribution in [2.75, 3.05) is 5.32 Å². The molecule has 24 heavy (non-hydrogen) atoms. The Kier molecular flexibility index (Phi) is 4.13. The van der Waals surface area contributed by atoms with E-state index in [9.17, 15) is 9.59 Å². The highest BCUT2D eigenvalue weighted by Gasteiger charge is 2.37. The summed E-state index contributed by atoms with van der Waals surface area (Å²) in [6.45, 7) is 7.43. The number of hydrogen-bond donors (Lipinski definition) is 1. The maximum atomic E-state index is 12.7. The van der Waals surface area contributed by atoms with E-state index in [0.29, 0.717) is 12.1 Å². The van der Waals surface area contributed by atoms with E-state index in [0.717, 1.165) is 23.0 Å². The predicted molar refractivity (Wildman–Crippen MR) is 93.6 cm³/mol. The zero-order valence-electron chi connectivity index (χ0n) is 14.2. The standard InChI is InChI=1S/C18H22N4O2/c1-5-17(23)22-11(2)6-8-16(22)18(24)19-13-7-9-15-14(10-13)12(3)20-21(15)4/h5,7,9-11,16H,1,6,8H2,2-4H3,(H,19,24)/t11-,16-/m0/s1. The van der Waals surface area contributed by atoms with Gasteiger partial charge in [0, 0.05) is 24.2 Å². The van der Waals surface area contributed by atoms with Crippen molar-refractivity contribution in [3.63, 3.8) is 0 Å². The van der Waals surface area contributed by atoms with Crippen LogP contribution in [0.15, 0.2) is 30.9 Å². The van der Waals surface area contributed by atoms with E-state index in [2.05, 4.69) is 17.0 Å². The van der Waals surface area contributed by atoms with Gasteiger partial charge in [-0.05, 0) is 51.0 Å². The third-order valence-electron chi connectivity index (χ3n) is 4.70. The normalized spacial score (nSPS) is 20.4. The third kappa shape index (κ3) is 2.68. The molecule has 2 heterocycles. The quantitative estimate of drug-likeness (QED) is 0.881. The molecule has 1 N–H and O–H groups in total. The maximum absolute atomic E-state index is 12.7. The molecule has 2 atom stereocenters. The number of anilines is 1. The van der Waals surface area contributed by atoms with Crippen molar-refractivity contribution in [2.45, 2.75) is 38.8 Å². The third-order valence-corrected chi connectivity index (χ3v) is 4.70. The van der Waals surface area contributed by atoms with Crippen LogP contribution in [-0.2, 0) is 16.6 Å². The van der Waals surface area contributed by atoms with Crippen LogP contribution in [0, 0.1) is 6.92 Å². The molecular formula is C18H22N4O2. The predicted octanol–water partition coefficient (Wildman–Crippen LogP) is 2.39. The van der Waals surface area contributed by atoms with Gasteiger partial charge in [0.1, 0.15) is 6.04 Å². The number of fused-ring (bicyclic) bond motifs is 1. The van der Waals surface area contributed by atoms with Crippen molar-refractivity contribution < 1.29 is 9.59 Å². The second kappa shape index (κ2) is 6.11. The van der Waals surface area contributed by atoms with Gasteiger partial charge in [-0.25, -0.2) is 0 Å². The van der Waals surface area contributed by atoms with E-state index < -0.39 is 6.04 Å². The number of amides is 2. The highest BCUT2D eigenvalue weighted by molar-refractivity contribution is 6.00. The molecule has 126 valence electrons. The van der Waals surface area contributed by atoms with Crippen molar-refractivity contribution in [3.05, 3.63) is 36.5 Å². The number of nitrogens with zero attached hydrogens (tertiary/aromatic N) is 3. The molecule has 0 radical (unpaired) electrons. The van der Waals surface area contributed by atoms with Crippen LogP contribution in [0.2, 0.25) is 0 Å². The number of nitrogens with one attached hydrogen (secondary N) is 1. The summed E-state index contributed by atoms with van der Waals surface area (Å²) >= 11 is 0. The summed E-state index contributed by atoms with van der Waals surface area (Å²) in [4.78, 5) is 26.3. The fraction of sp³-hybridized carbons (Fsp3) is 0.389. The molecule has 6 nitrogen and oxygen atoms in total. The van der Waals surface area contributed by atoms with E-state index >= 15 is 0 Å². The van der Waals surface area contributed by atoms with Crippen LogP contribution < -0.4 is 5.32 Å². The molecule has 6 heteroatoms. The lowest BCUT2D eigenvalue weighted by Crippen LogP contribution is -2.45. The molecule has 1 aliphatic rings. The smallest absolute Gasteiger partial charge is 0.247 e. The first-order valence-corrected chi connectivity index (χ1v) is 8.11. The molecule has 1 aliphatic heterocycles. The molecule has 1 aromatic carbocycles. The Hall–Kier alpha value is -2.63. The number of aryl methyl sites for hydroxylation is 2. The average molecular weight is 326 g/mol. The molecule has 0 saturated carbocycles. The van der Waals surface area contributed by atoms with Crippen LogP contribution in [0.5, 0.6) is 0 Å². The van der Waals surface area contributed by atoms with Crippen LogP contribution in [0.25, 0.3) is 10.9 Å². The topological polar surface area (TPSA) is 67.2 Å². The molecule has 0 aliphatic carbocycles. The zero-order valence-corrected chi connectivity index (χ0v) is 14.2. The average Bonchev–Trinajstić information content (AvgIpc) is 3.07. The number of benzene rings is 1. The van der Waals surface area contributed by atoms with E-state index in [1.165, 1.54) is 6.08 Å². The fourth-order valence-corrected chi connectivity index (χ4v) is 3.46. The Bertz CT molecular complexity index is 824. The molecule has 2 aromatic rings. The summed E-state index contributed by atoms with van der Waals surface area (Å²) in [6.07, 6.45) is 2.76. The minimum atomic E-state index is -0.448. The zero-order chi connectivity index (χ0) is 17.4. The van der Waals surface area contributed by atoms with Gasteiger partial charge in [-0.15, -0.1) is 0 Å². The number of aromatic nitrogens is 2. The van der Waals surface area contributed by atoms with E-state index in [-0.39, 0.29) is 17.9 Å². The minimum Gasteiger partial charge on any atom is -0.324 e. The molecule has 1 saturated heterocycles. The number of carbonyl (C=O) groups excluding carboxylic acids is 2. The van der Waals surface area contributed by atoms with Crippen molar-refractivity contribution in [1.29, 1.82) is 0 Å². The van der Waals surface area contributed by atoms with Crippen LogP contribution in [-0.4, -0.2) is 38.6 Å². The largest absolute Gasteiger partial charge is 0.324 e. The summed E-state index contributed by atoms with van der Waals surface area (Å²) < 4.78 is 1.82. The summed E-state index contributed by atoms with van der Waals surface area (Å²) in [5.41, 5.74) is 2.65. The lowest BCUT2D eigenvalue weighted by Gasteiger charge is -2.26. The monoisotopic (exact) mass is 326 g/mol. The van der Waals surface area contributed by atoms with Gasteiger partial charge < -0.3 is 10.2 Å². The number of carbonyl (C=O) groups is 2. The molecule has 1 aromatic heterocycles. The first kappa shape index (κ1) is 16.2. The Labute approximate surface area is 141 Å². The molecule has 0 unspecified atom stereocenters. The van der Waals surface area contributed by atoms with Crippen molar-refractivity contribution in [1.82, 2.24) is 14.7 Å². The minimum absolute atomic E-state index is 0.0503. The fourth-order valence-electron chi connectivity index (χ4n) is 3.46. The van der Waals surface area contributed by atoms with Gasteiger partial charge in [-0.1, -0.05) is 6.58 Å². The van der Waals surface area contributed by atoms with Gasteiger partial charge in [-0.2, -0.15) is 5.10 Å². The molecule has 0 bridgehead atoms. The van der Waals surface area contributed by atoms with Gasteiger partial charge >= 0.3 is 0 Å². The number of likely N-dealkylation sites (tertiary alicyclic amines) is 1. The van der Waals surface area contributed by atoms with Crippen LogP contribution in [0.1, 0.15) is 25.5 Å². The highest BCUT2D eigenvalue weighted by Crippen LogP contribution is 2.26. The first-order chi connectivity index (χ1) is 11.4. The molecule has 1 fully saturated rings. The van der Waals surface area contributed by atoms with E-state index in [4.69, 9.17) is 0 Å². The molecule has 0 spiro atoms. The number of rotatable bonds is 3. The Balaban J connectivity index is 1.83. The summed E-state index contributed by atoms with van der Waals surface area (Å²) in [7, 11) is 1.90. The molecular weight excluding hydrogens is 304 g/mol. The molecule has 2 amide bonds. The molecule has 3 rings (SSSR count). The van der Waals surface area contributed by atoms with Crippen molar-refractivity contribution in [3.8, 4) is 0 Å². The van der Waals surface area contributed by atoms with E-state index in [1.54, 1.807) is 4.90 Å². The second-order valence-electron chi connectivity index (χ2n) is 6.32. The van der Waals surface area contributed by atoms with Crippen molar-refractivity contribution >= 4 is 28.4 Å². The van der Waals surface area contributed by atoms with Gasteiger partial charge in [0.2, 0.25) is 11.8 Å². The van der Waals surface area contributed by atoms with Crippen LogP contribution in [0.4, 0.5) is 5.69 Å². The van der Waals surface area contributed by atoms with E-state index in [1.807, 2.05) is 43.8 Å². The highest BCUT2D eigenvalue weighted by atomic mass is 16.2. The lowest BCUT2D eigenvalue weighted by molar-refractivity contribution is -0.134. The Morgan fingerprint density at radius 2 is 2.12 bits per heavy atom. The van der Waals surface area contributed by atoms with Crippen LogP contribution >= 0.6 is 0 Å². The van der Waals surface area contributed by atoms with Gasteiger partial charge in [0.25, 0.3) is 0 Å².